The molecule has 1 atom stereocenters. The van der Waals surface area contributed by atoms with Gasteiger partial charge in [0.25, 0.3) is 5.91 Å². The predicted molar refractivity (Wildman–Crippen MR) is 70.2 cm³/mol. The van der Waals surface area contributed by atoms with Crippen molar-refractivity contribution in [2.45, 2.75) is 18.9 Å². The number of rotatable bonds is 2. The number of carboxylic acid groups (broad SMARTS) is 1. The third kappa shape index (κ3) is 2.33. The molecule has 0 saturated carbocycles. The molecule has 3 N–H and O–H groups in total. The molecular weight excluding hydrogens is 300 g/mol. The van der Waals surface area contributed by atoms with E-state index in [1.54, 1.807) is 18.2 Å². The average molecular weight is 313 g/mol. The maximum absolute atomic E-state index is 12.3. The number of nitrogens with zero attached hydrogens (tertiary/aromatic N) is 1. The van der Waals surface area contributed by atoms with Gasteiger partial charge in [0.15, 0.2) is 0 Å². The molecule has 1 unspecified atom stereocenters. The second kappa shape index (κ2) is 4.97. The Labute approximate surface area is 113 Å². The Morgan fingerprint density at radius 1 is 1.44 bits per heavy atom. The monoisotopic (exact) mass is 312 g/mol. The van der Waals surface area contributed by atoms with Gasteiger partial charge in [-0.2, -0.15) is 0 Å². The minimum absolute atomic E-state index is 0.321. The zero-order valence-electron chi connectivity index (χ0n) is 9.60. The van der Waals surface area contributed by atoms with Crippen molar-refractivity contribution in [3.8, 4) is 0 Å². The number of nitrogen functional groups attached to an aromatic ring is 1. The van der Waals surface area contributed by atoms with E-state index in [-0.39, 0.29) is 5.91 Å². The second-order valence-electron chi connectivity index (χ2n) is 4.23. The predicted octanol–water partition coefficient (Wildman–Crippen LogP) is 1.72. The summed E-state index contributed by atoms with van der Waals surface area (Å²) in [5.41, 5.74) is 6.47. The molecule has 1 aromatic carbocycles. The average Bonchev–Trinajstić information content (AvgIpc) is 2.80. The molecule has 1 aliphatic rings. The van der Waals surface area contributed by atoms with E-state index in [2.05, 4.69) is 15.9 Å². The van der Waals surface area contributed by atoms with Crippen LogP contribution in [0.25, 0.3) is 0 Å². The Morgan fingerprint density at radius 2 is 2.17 bits per heavy atom. The van der Waals surface area contributed by atoms with Gasteiger partial charge in [-0.15, -0.1) is 0 Å². The van der Waals surface area contributed by atoms with Crippen LogP contribution < -0.4 is 5.73 Å². The molecule has 6 heteroatoms. The summed E-state index contributed by atoms with van der Waals surface area (Å²) in [6, 6.07) is 4.25. The molecule has 1 amide bonds. The molecule has 96 valence electrons. The number of nitrogens with two attached hydrogens (primary N) is 1. The Kier molecular flexibility index (Phi) is 3.56. The topological polar surface area (TPSA) is 83.6 Å². The number of carbonyl (C=O) groups excluding carboxylic acids is 1. The van der Waals surface area contributed by atoms with Crippen LogP contribution in [-0.2, 0) is 4.79 Å². The zero-order chi connectivity index (χ0) is 13.3. The lowest BCUT2D eigenvalue weighted by Gasteiger charge is -2.22. The lowest BCUT2D eigenvalue weighted by molar-refractivity contribution is -0.141. The number of benzene rings is 1. The summed E-state index contributed by atoms with van der Waals surface area (Å²) in [6.07, 6.45) is 1.20. The molecule has 18 heavy (non-hydrogen) atoms. The summed E-state index contributed by atoms with van der Waals surface area (Å²) >= 11 is 3.27. The fourth-order valence-electron chi connectivity index (χ4n) is 2.13. The minimum atomic E-state index is -0.964. The summed E-state index contributed by atoms with van der Waals surface area (Å²) in [5, 5.41) is 9.07. The van der Waals surface area contributed by atoms with Gasteiger partial charge in [0.1, 0.15) is 6.04 Å². The molecule has 0 aromatic heterocycles. The first kappa shape index (κ1) is 12.9. The highest BCUT2D eigenvalue weighted by molar-refractivity contribution is 9.10. The Morgan fingerprint density at radius 3 is 2.83 bits per heavy atom. The van der Waals surface area contributed by atoms with Gasteiger partial charge in [-0.05, 0) is 31.0 Å². The SMILES string of the molecule is Nc1ccc(Br)cc1C(=O)N1CCCC1C(=O)O. The van der Waals surface area contributed by atoms with E-state index in [4.69, 9.17) is 10.8 Å². The van der Waals surface area contributed by atoms with Crippen molar-refractivity contribution in [2.75, 3.05) is 12.3 Å². The largest absolute Gasteiger partial charge is 0.480 e. The van der Waals surface area contributed by atoms with E-state index in [1.165, 1.54) is 4.90 Å². The third-order valence-corrected chi connectivity index (χ3v) is 3.54. The molecule has 2 rings (SSSR count). The molecule has 0 aliphatic carbocycles. The smallest absolute Gasteiger partial charge is 0.326 e. The molecule has 1 heterocycles. The highest BCUT2D eigenvalue weighted by Crippen LogP contribution is 2.25. The van der Waals surface area contributed by atoms with Gasteiger partial charge < -0.3 is 15.7 Å². The number of halogens is 1. The van der Waals surface area contributed by atoms with Gasteiger partial charge in [0.2, 0.25) is 0 Å². The number of hydrogen-bond acceptors (Lipinski definition) is 3. The Bertz CT molecular complexity index is 504. The van der Waals surface area contributed by atoms with Crippen molar-refractivity contribution in [3.05, 3.63) is 28.2 Å². The van der Waals surface area contributed by atoms with Gasteiger partial charge in [0, 0.05) is 16.7 Å². The molecule has 0 bridgehead atoms. The second-order valence-corrected chi connectivity index (χ2v) is 5.14. The lowest BCUT2D eigenvalue weighted by atomic mass is 10.1. The zero-order valence-corrected chi connectivity index (χ0v) is 11.2. The van der Waals surface area contributed by atoms with E-state index in [1.807, 2.05) is 0 Å². The van der Waals surface area contributed by atoms with Crippen molar-refractivity contribution < 1.29 is 14.7 Å². The molecule has 1 saturated heterocycles. The Balaban J connectivity index is 2.31. The number of aliphatic carboxylic acids is 1. The molecule has 0 radical (unpaired) electrons. The Hall–Kier alpha value is -1.56. The molecular formula is C12H13BrN2O3. The fourth-order valence-corrected chi connectivity index (χ4v) is 2.50. The standard InChI is InChI=1S/C12H13BrN2O3/c13-7-3-4-9(14)8(6-7)11(16)15-5-1-2-10(15)12(17)18/h3-4,6,10H,1-2,5,14H2,(H,17,18). The van der Waals surface area contributed by atoms with Crippen LogP contribution in [0.3, 0.4) is 0 Å². The van der Waals surface area contributed by atoms with Crippen LogP contribution in [0.5, 0.6) is 0 Å². The quantitative estimate of drug-likeness (QED) is 0.814. The van der Waals surface area contributed by atoms with E-state index in [0.29, 0.717) is 30.6 Å². The van der Waals surface area contributed by atoms with Crippen molar-refractivity contribution in [3.63, 3.8) is 0 Å². The molecule has 1 fully saturated rings. The fraction of sp³-hybridized carbons (Fsp3) is 0.333. The van der Waals surface area contributed by atoms with Crippen LogP contribution in [-0.4, -0.2) is 34.5 Å². The van der Waals surface area contributed by atoms with Crippen LogP contribution >= 0.6 is 15.9 Å². The normalized spacial score (nSPS) is 18.9. The van der Waals surface area contributed by atoms with E-state index in [9.17, 15) is 9.59 Å². The van der Waals surface area contributed by atoms with Crippen LogP contribution in [0, 0.1) is 0 Å². The highest BCUT2D eigenvalue weighted by Gasteiger charge is 2.34. The van der Waals surface area contributed by atoms with Gasteiger partial charge in [0.05, 0.1) is 5.56 Å². The lowest BCUT2D eigenvalue weighted by Crippen LogP contribution is -2.40. The highest BCUT2D eigenvalue weighted by atomic mass is 79.9. The third-order valence-electron chi connectivity index (χ3n) is 3.04. The molecule has 0 spiro atoms. The molecule has 5 nitrogen and oxygen atoms in total. The summed E-state index contributed by atoms with van der Waals surface area (Å²) in [7, 11) is 0. The first-order chi connectivity index (χ1) is 8.50. The van der Waals surface area contributed by atoms with Crippen LogP contribution in [0.15, 0.2) is 22.7 Å². The molecule has 1 aromatic rings. The van der Waals surface area contributed by atoms with E-state index >= 15 is 0 Å². The van der Waals surface area contributed by atoms with Crippen LogP contribution in [0.1, 0.15) is 23.2 Å². The summed E-state index contributed by atoms with van der Waals surface area (Å²) < 4.78 is 0.742. The van der Waals surface area contributed by atoms with E-state index < -0.39 is 12.0 Å². The van der Waals surface area contributed by atoms with E-state index in [0.717, 1.165) is 4.47 Å². The van der Waals surface area contributed by atoms with Crippen LogP contribution in [0.4, 0.5) is 5.69 Å². The maximum atomic E-state index is 12.3. The number of carbonyl (C=O) groups is 2. The van der Waals surface area contributed by atoms with Crippen LogP contribution in [0.2, 0.25) is 0 Å². The van der Waals surface area contributed by atoms with Gasteiger partial charge in [-0.3, -0.25) is 4.79 Å². The summed E-state index contributed by atoms with van der Waals surface area (Å²) in [5.74, 6) is -1.28. The summed E-state index contributed by atoms with van der Waals surface area (Å²) in [4.78, 5) is 24.7. The number of carboxylic acids is 1. The van der Waals surface area contributed by atoms with Gasteiger partial charge in [-0.25, -0.2) is 4.79 Å². The van der Waals surface area contributed by atoms with Crippen molar-refractivity contribution in [1.82, 2.24) is 4.90 Å². The molecule has 1 aliphatic heterocycles. The number of likely N-dealkylation sites (tertiary alicyclic amines) is 1. The summed E-state index contributed by atoms with van der Waals surface area (Å²) in [6.45, 7) is 0.460. The van der Waals surface area contributed by atoms with Crippen molar-refractivity contribution in [1.29, 1.82) is 0 Å². The number of anilines is 1. The number of hydrogen-bond donors (Lipinski definition) is 2. The minimum Gasteiger partial charge on any atom is -0.480 e. The first-order valence-electron chi connectivity index (χ1n) is 5.59. The first-order valence-corrected chi connectivity index (χ1v) is 6.39. The van der Waals surface area contributed by atoms with Crippen molar-refractivity contribution in [2.24, 2.45) is 0 Å². The maximum Gasteiger partial charge on any atom is 0.326 e. The van der Waals surface area contributed by atoms with Gasteiger partial charge in [-0.1, -0.05) is 15.9 Å². The van der Waals surface area contributed by atoms with Crippen molar-refractivity contribution >= 4 is 33.5 Å². The number of amides is 1. The van der Waals surface area contributed by atoms with Gasteiger partial charge >= 0.3 is 5.97 Å².